The number of likely N-dealkylation sites (tertiary alicyclic amines) is 1. The van der Waals surface area contributed by atoms with Crippen molar-refractivity contribution in [1.82, 2.24) is 19.4 Å². The maximum atomic E-state index is 5.76. The largest absolute Gasteiger partial charge is 0.462 e. The number of hydrogen-bond donors (Lipinski definition) is 0. The number of nitrogens with zero attached hydrogens (tertiary/aromatic N) is 4. The summed E-state index contributed by atoms with van der Waals surface area (Å²) in [5, 5.41) is 0.889. The fourth-order valence-electron chi connectivity index (χ4n) is 2.65. The van der Waals surface area contributed by atoms with Crippen molar-refractivity contribution >= 4 is 11.0 Å². The van der Waals surface area contributed by atoms with Crippen LogP contribution >= 0.6 is 0 Å². The van der Waals surface area contributed by atoms with Crippen molar-refractivity contribution in [2.24, 2.45) is 7.05 Å². The molecular formula is C15H18N4O. The summed E-state index contributed by atoms with van der Waals surface area (Å²) in [6, 6.07) is 2.74. The average Bonchev–Trinajstić information content (AvgIpc) is 3.03. The monoisotopic (exact) mass is 270 g/mol. The third kappa shape index (κ3) is 2.23. The number of rotatable bonds is 3. The van der Waals surface area contributed by atoms with Crippen LogP contribution in [0.5, 0.6) is 6.01 Å². The van der Waals surface area contributed by atoms with Crippen LogP contribution in [0.15, 0.2) is 12.3 Å². The van der Waals surface area contributed by atoms with Crippen LogP contribution in [-0.4, -0.2) is 45.7 Å². The van der Waals surface area contributed by atoms with Crippen molar-refractivity contribution in [3.8, 4) is 18.4 Å². The Labute approximate surface area is 118 Å². The van der Waals surface area contributed by atoms with Crippen molar-refractivity contribution in [2.75, 3.05) is 20.2 Å². The van der Waals surface area contributed by atoms with Crippen LogP contribution in [0.1, 0.15) is 18.5 Å². The molecule has 0 saturated carbocycles. The highest BCUT2D eigenvalue weighted by atomic mass is 16.5. The number of hydrogen-bond acceptors (Lipinski definition) is 4. The topological polar surface area (TPSA) is 43.2 Å². The summed E-state index contributed by atoms with van der Waals surface area (Å²) in [6.07, 6.45) is 9.82. The summed E-state index contributed by atoms with van der Waals surface area (Å²) < 4.78 is 7.69. The minimum absolute atomic E-state index is 0.368. The molecule has 1 atom stereocenters. The summed E-state index contributed by atoms with van der Waals surface area (Å²) in [5.41, 5.74) is 1.40. The average molecular weight is 270 g/mol. The number of ether oxygens (including phenoxy) is 1. The molecule has 0 N–H and O–H groups in total. The fourth-order valence-corrected chi connectivity index (χ4v) is 2.65. The Morgan fingerprint density at radius 2 is 2.30 bits per heavy atom. The highest BCUT2D eigenvalue weighted by molar-refractivity contribution is 5.81. The Morgan fingerprint density at radius 3 is 3.00 bits per heavy atom. The Bertz CT molecular complexity index is 670. The maximum absolute atomic E-state index is 5.76. The first-order valence-corrected chi connectivity index (χ1v) is 6.82. The van der Waals surface area contributed by atoms with E-state index in [1.54, 1.807) is 0 Å². The van der Waals surface area contributed by atoms with E-state index in [2.05, 4.69) is 27.8 Å². The lowest BCUT2D eigenvalue weighted by Crippen LogP contribution is -2.30. The first-order chi connectivity index (χ1) is 9.69. The smallest absolute Gasteiger partial charge is 0.319 e. The first kappa shape index (κ1) is 12.9. The molecule has 1 aliphatic heterocycles. The van der Waals surface area contributed by atoms with E-state index >= 15 is 0 Å². The maximum Gasteiger partial charge on any atom is 0.319 e. The van der Waals surface area contributed by atoms with Gasteiger partial charge < -0.3 is 14.2 Å². The second-order valence-electron chi connectivity index (χ2n) is 5.25. The number of aromatic nitrogens is 3. The van der Waals surface area contributed by atoms with Crippen LogP contribution in [0, 0.1) is 12.3 Å². The summed E-state index contributed by atoms with van der Waals surface area (Å²) in [6.45, 7) is 1.73. The molecule has 0 amide bonds. The van der Waals surface area contributed by atoms with Gasteiger partial charge in [0.15, 0.2) is 0 Å². The number of aryl methyl sites for hydroxylation is 1. The number of fused-ring (bicyclic) bond motifs is 1. The molecular weight excluding hydrogens is 252 g/mol. The van der Waals surface area contributed by atoms with Crippen LogP contribution in [0.25, 0.3) is 11.0 Å². The van der Waals surface area contributed by atoms with Gasteiger partial charge >= 0.3 is 6.01 Å². The third-order valence-electron chi connectivity index (χ3n) is 3.92. The van der Waals surface area contributed by atoms with Crippen LogP contribution in [0.4, 0.5) is 0 Å². The first-order valence-electron chi connectivity index (χ1n) is 6.82. The highest BCUT2D eigenvalue weighted by Crippen LogP contribution is 2.20. The van der Waals surface area contributed by atoms with Gasteiger partial charge in [-0.15, -0.1) is 6.42 Å². The van der Waals surface area contributed by atoms with E-state index in [0.717, 1.165) is 24.0 Å². The van der Waals surface area contributed by atoms with Gasteiger partial charge in [-0.3, -0.25) is 0 Å². The molecule has 5 nitrogen and oxygen atoms in total. The molecule has 1 fully saturated rings. The molecule has 0 unspecified atom stereocenters. The van der Waals surface area contributed by atoms with Crippen LogP contribution < -0.4 is 4.74 Å². The summed E-state index contributed by atoms with van der Waals surface area (Å²) in [4.78, 5) is 11.1. The minimum atomic E-state index is 0.368. The van der Waals surface area contributed by atoms with Crippen molar-refractivity contribution in [1.29, 1.82) is 0 Å². The van der Waals surface area contributed by atoms with Crippen LogP contribution in [0.2, 0.25) is 0 Å². The van der Waals surface area contributed by atoms with Gasteiger partial charge in [-0.2, -0.15) is 9.97 Å². The van der Waals surface area contributed by atoms with E-state index in [-0.39, 0.29) is 0 Å². The lowest BCUT2D eigenvalue weighted by Gasteiger charge is -2.18. The molecule has 0 spiro atoms. The van der Waals surface area contributed by atoms with Gasteiger partial charge in [0.05, 0.1) is 5.39 Å². The predicted molar refractivity (Wildman–Crippen MR) is 77.6 cm³/mol. The van der Waals surface area contributed by atoms with E-state index < -0.39 is 0 Å². The van der Waals surface area contributed by atoms with Crippen LogP contribution in [-0.2, 0) is 7.05 Å². The second-order valence-corrected chi connectivity index (χ2v) is 5.25. The van der Waals surface area contributed by atoms with Gasteiger partial charge in [-0.1, -0.05) is 0 Å². The molecule has 0 aliphatic carbocycles. The van der Waals surface area contributed by atoms with Gasteiger partial charge in [0.25, 0.3) is 0 Å². The standard InChI is InChI=1S/C15H18N4O/c1-4-13-12-7-9-19(3)14(12)17-15(16-13)20-10-11-6-5-8-18(11)2/h1,7,9,11H,5-6,8,10H2,2-3H3/t11-/m1/s1. The highest BCUT2D eigenvalue weighted by Gasteiger charge is 2.22. The minimum Gasteiger partial charge on any atom is -0.462 e. The fraction of sp³-hybridized carbons (Fsp3) is 0.467. The SMILES string of the molecule is C#Cc1nc(OC[C@H]2CCCN2C)nc2c1ccn2C. The van der Waals surface area contributed by atoms with E-state index in [0.29, 0.717) is 24.4 Å². The van der Waals surface area contributed by atoms with Gasteiger partial charge in [-0.05, 0) is 38.4 Å². The summed E-state index contributed by atoms with van der Waals surface area (Å²) in [7, 11) is 4.05. The molecule has 2 aromatic heterocycles. The lowest BCUT2D eigenvalue weighted by atomic mass is 10.2. The van der Waals surface area contributed by atoms with Crippen molar-refractivity contribution in [3.05, 3.63) is 18.0 Å². The van der Waals surface area contributed by atoms with Crippen LogP contribution in [0.3, 0.4) is 0 Å². The zero-order chi connectivity index (χ0) is 14.1. The Morgan fingerprint density at radius 1 is 1.45 bits per heavy atom. The molecule has 2 aromatic rings. The second kappa shape index (κ2) is 5.14. The Hall–Kier alpha value is -2.06. The van der Waals surface area contributed by atoms with Gasteiger partial charge in [0, 0.05) is 19.3 Å². The Kier molecular flexibility index (Phi) is 3.33. The quantitative estimate of drug-likeness (QED) is 0.791. The van der Waals surface area contributed by atoms with Gasteiger partial charge in [-0.25, -0.2) is 0 Å². The molecule has 0 aromatic carbocycles. The zero-order valence-corrected chi connectivity index (χ0v) is 11.8. The molecule has 5 heteroatoms. The third-order valence-corrected chi connectivity index (χ3v) is 3.92. The van der Waals surface area contributed by atoms with Gasteiger partial charge in [0.2, 0.25) is 0 Å². The number of terminal acetylenes is 1. The summed E-state index contributed by atoms with van der Waals surface area (Å²) in [5.74, 6) is 2.61. The predicted octanol–water partition coefficient (Wildman–Crippen LogP) is 1.42. The van der Waals surface area contributed by atoms with E-state index in [4.69, 9.17) is 11.2 Å². The molecule has 1 aliphatic rings. The van der Waals surface area contributed by atoms with Gasteiger partial charge in [0.1, 0.15) is 17.9 Å². The van der Waals surface area contributed by atoms with E-state index in [1.165, 1.54) is 6.42 Å². The number of likely N-dealkylation sites (N-methyl/N-ethyl adjacent to an activating group) is 1. The Balaban J connectivity index is 1.84. The molecule has 0 bridgehead atoms. The summed E-state index contributed by atoms with van der Waals surface area (Å²) >= 11 is 0. The molecule has 0 radical (unpaired) electrons. The zero-order valence-electron chi connectivity index (χ0n) is 11.8. The van der Waals surface area contributed by atoms with Crippen molar-refractivity contribution in [2.45, 2.75) is 18.9 Å². The van der Waals surface area contributed by atoms with E-state index in [9.17, 15) is 0 Å². The molecule has 104 valence electrons. The lowest BCUT2D eigenvalue weighted by molar-refractivity contribution is 0.188. The normalized spacial score (nSPS) is 19.4. The molecule has 3 heterocycles. The van der Waals surface area contributed by atoms with Crippen molar-refractivity contribution in [3.63, 3.8) is 0 Å². The molecule has 1 saturated heterocycles. The molecule has 3 rings (SSSR count). The van der Waals surface area contributed by atoms with E-state index in [1.807, 2.05) is 23.9 Å². The molecule has 20 heavy (non-hydrogen) atoms. The van der Waals surface area contributed by atoms with Crippen molar-refractivity contribution < 1.29 is 4.74 Å².